The van der Waals surface area contributed by atoms with Gasteiger partial charge in [-0.2, -0.15) is 0 Å². The van der Waals surface area contributed by atoms with Crippen molar-refractivity contribution >= 4 is 22.3 Å². The number of likely N-dealkylation sites (N-methyl/N-ethyl adjacent to an activating group) is 1. The van der Waals surface area contributed by atoms with E-state index in [9.17, 15) is 4.79 Å². The molecule has 0 bridgehead atoms. The van der Waals surface area contributed by atoms with Crippen LogP contribution in [0.25, 0.3) is 16.3 Å². The highest BCUT2D eigenvalue weighted by Gasteiger charge is 2.09. The molecule has 25 heavy (non-hydrogen) atoms. The molecule has 1 N–H and O–H groups in total. The van der Waals surface area contributed by atoms with E-state index in [1.54, 1.807) is 20.2 Å². The van der Waals surface area contributed by atoms with E-state index in [0.717, 1.165) is 33.2 Å². The Bertz CT molecular complexity index is 905. The highest BCUT2D eigenvalue weighted by Crippen LogP contribution is 2.28. The van der Waals surface area contributed by atoms with Gasteiger partial charge in [0.25, 0.3) is 0 Å². The van der Waals surface area contributed by atoms with Crippen molar-refractivity contribution in [1.29, 1.82) is 0 Å². The molecule has 0 spiro atoms. The molecule has 0 aromatic heterocycles. The molecule has 3 aromatic rings. The lowest BCUT2D eigenvalue weighted by atomic mass is 9.93. The van der Waals surface area contributed by atoms with Crippen LogP contribution in [-0.4, -0.2) is 20.1 Å². The predicted molar refractivity (Wildman–Crippen MR) is 103 cm³/mol. The summed E-state index contributed by atoms with van der Waals surface area (Å²) in [6, 6.07) is 22.4. The fourth-order valence-corrected chi connectivity index (χ4v) is 2.92. The van der Waals surface area contributed by atoms with E-state index < -0.39 is 0 Å². The van der Waals surface area contributed by atoms with Crippen molar-refractivity contribution in [2.45, 2.75) is 6.42 Å². The summed E-state index contributed by atoms with van der Waals surface area (Å²) in [6.45, 7) is 0. The normalized spacial score (nSPS) is 11.4. The van der Waals surface area contributed by atoms with Crippen molar-refractivity contribution in [3.8, 4) is 5.75 Å². The Balaban J connectivity index is 2.05. The quantitative estimate of drug-likeness (QED) is 0.711. The van der Waals surface area contributed by atoms with Gasteiger partial charge in [0, 0.05) is 13.1 Å². The predicted octanol–water partition coefficient (Wildman–Crippen LogP) is 4.22. The molecular weight excluding hydrogens is 310 g/mol. The second kappa shape index (κ2) is 7.67. The Hall–Kier alpha value is -3.07. The average molecular weight is 331 g/mol. The van der Waals surface area contributed by atoms with Gasteiger partial charge in [-0.1, -0.05) is 54.6 Å². The molecule has 1 amide bonds. The van der Waals surface area contributed by atoms with E-state index in [0.29, 0.717) is 6.42 Å². The van der Waals surface area contributed by atoms with Gasteiger partial charge in [-0.15, -0.1) is 0 Å². The molecule has 0 aliphatic heterocycles. The van der Waals surface area contributed by atoms with E-state index in [1.807, 2.05) is 42.5 Å². The van der Waals surface area contributed by atoms with Crippen molar-refractivity contribution in [3.63, 3.8) is 0 Å². The Kier molecular flexibility index (Phi) is 5.14. The SMILES string of the molecule is CNC(=O)/C=C(/Cc1ccc(OC)cc1)c1cccc2ccccc12. The van der Waals surface area contributed by atoms with Crippen molar-refractivity contribution in [2.75, 3.05) is 14.2 Å². The van der Waals surface area contributed by atoms with Crippen molar-refractivity contribution in [2.24, 2.45) is 0 Å². The third kappa shape index (κ3) is 3.89. The summed E-state index contributed by atoms with van der Waals surface area (Å²) in [5.74, 6) is 0.724. The van der Waals surface area contributed by atoms with Crippen LogP contribution in [0.4, 0.5) is 0 Å². The van der Waals surface area contributed by atoms with E-state index >= 15 is 0 Å². The van der Waals surface area contributed by atoms with Gasteiger partial charge in [0.05, 0.1) is 7.11 Å². The summed E-state index contributed by atoms with van der Waals surface area (Å²) >= 11 is 0. The van der Waals surface area contributed by atoms with Gasteiger partial charge in [0.15, 0.2) is 0 Å². The van der Waals surface area contributed by atoms with E-state index in [4.69, 9.17) is 4.74 Å². The number of hydrogen-bond acceptors (Lipinski definition) is 2. The van der Waals surface area contributed by atoms with Crippen LogP contribution in [0.1, 0.15) is 11.1 Å². The molecular formula is C22H21NO2. The number of allylic oxidation sites excluding steroid dienone is 1. The molecule has 0 saturated carbocycles. The fraction of sp³-hybridized carbons (Fsp3) is 0.136. The van der Waals surface area contributed by atoms with Gasteiger partial charge in [-0.05, 0) is 46.0 Å². The number of ether oxygens (including phenoxy) is 1. The molecule has 0 aliphatic rings. The van der Waals surface area contributed by atoms with Crippen LogP contribution in [0.5, 0.6) is 5.75 Å². The number of benzene rings is 3. The van der Waals surface area contributed by atoms with Crippen LogP contribution in [0, 0.1) is 0 Å². The first-order valence-corrected chi connectivity index (χ1v) is 8.24. The van der Waals surface area contributed by atoms with Crippen molar-refractivity contribution in [3.05, 3.63) is 83.9 Å². The Morgan fingerprint density at radius 3 is 2.44 bits per heavy atom. The molecule has 3 heteroatoms. The van der Waals surface area contributed by atoms with E-state index in [-0.39, 0.29) is 5.91 Å². The standard InChI is InChI=1S/C22H21NO2/c1-23-22(24)15-18(14-16-10-12-19(25-2)13-11-16)21-9-5-7-17-6-3-4-8-20(17)21/h3-13,15H,14H2,1-2H3,(H,23,24)/b18-15-. The van der Waals surface area contributed by atoms with E-state index in [2.05, 4.69) is 29.6 Å². The van der Waals surface area contributed by atoms with Crippen LogP contribution in [0.15, 0.2) is 72.8 Å². The summed E-state index contributed by atoms with van der Waals surface area (Å²) in [5.41, 5.74) is 3.20. The number of methoxy groups -OCH3 is 1. The van der Waals surface area contributed by atoms with Gasteiger partial charge in [0.1, 0.15) is 5.75 Å². The zero-order valence-electron chi connectivity index (χ0n) is 14.5. The molecule has 3 rings (SSSR count). The van der Waals surface area contributed by atoms with Crippen LogP contribution >= 0.6 is 0 Å². The molecule has 0 unspecified atom stereocenters. The Morgan fingerprint density at radius 2 is 1.72 bits per heavy atom. The zero-order chi connectivity index (χ0) is 17.6. The Labute approximate surface area is 147 Å². The summed E-state index contributed by atoms with van der Waals surface area (Å²) in [7, 11) is 3.30. The van der Waals surface area contributed by atoms with Crippen molar-refractivity contribution < 1.29 is 9.53 Å². The molecule has 126 valence electrons. The largest absolute Gasteiger partial charge is 0.497 e. The first-order chi connectivity index (χ1) is 12.2. The van der Waals surface area contributed by atoms with Gasteiger partial charge in [0.2, 0.25) is 5.91 Å². The maximum atomic E-state index is 12.0. The topological polar surface area (TPSA) is 38.3 Å². The fourth-order valence-electron chi connectivity index (χ4n) is 2.92. The number of fused-ring (bicyclic) bond motifs is 1. The lowest BCUT2D eigenvalue weighted by molar-refractivity contribution is -0.116. The molecule has 0 fully saturated rings. The first kappa shape index (κ1) is 16.8. The number of carbonyl (C=O) groups excluding carboxylic acids is 1. The number of amides is 1. The maximum absolute atomic E-state index is 12.0. The molecule has 0 saturated heterocycles. The van der Waals surface area contributed by atoms with E-state index in [1.165, 1.54) is 0 Å². The zero-order valence-corrected chi connectivity index (χ0v) is 14.5. The van der Waals surface area contributed by atoms with Crippen LogP contribution in [0.2, 0.25) is 0 Å². The monoisotopic (exact) mass is 331 g/mol. The second-order valence-corrected chi connectivity index (χ2v) is 5.84. The van der Waals surface area contributed by atoms with Crippen LogP contribution in [0.3, 0.4) is 0 Å². The lowest BCUT2D eigenvalue weighted by Crippen LogP contribution is -2.15. The first-order valence-electron chi connectivity index (χ1n) is 8.24. The number of carbonyl (C=O) groups is 1. The second-order valence-electron chi connectivity index (χ2n) is 5.84. The highest BCUT2D eigenvalue weighted by molar-refractivity contribution is 6.01. The van der Waals surface area contributed by atoms with Crippen LogP contribution < -0.4 is 10.1 Å². The van der Waals surface area contributed by atoms with Gasteiger partial charge in [-0.3, -0.25) is 4.79 Å². The van der Waals surface area contributed by atoms with Crippen molar-refractivity contribution in [1.82, 2.24) is 5.32 Å². The lowest BCUT2D eigenvalue weighted by Gasteiger charge is -2.12. The molecule has 0 heterocycles. The highest BCUT2D eigenvalue weighted by atomic mass is 16.5. The van der Waals surface area contributed by atoms with Gasteiger partial charge < -0.3 is 10.1 Å². The number of nitrogens with one attached hydrogen (secondary N) is 1. The summed E-state index contributed by atoms with van der Waals surface area (Å²) in [6.07, 6.45) is 2.36. The minimum Gasteiger partial charge on any atom is -0.497 e. The average Bonchev–Trinajstić information content (AvgIpc) is 2.67. The smallest absolute Gasteiger partial charge is 0.244 e. The maximum Gasteiger partial charge on any atom is 0.244 e. The minimum atomic E-state index is -0.101. The van der Waals surface area contributed by atoms with Gasteiger partial charge >= 0.3 is 0 Å². The summed E-state index contributed by atoms with van der Waals surface area (Å²) in [5, 5.41) is 4.99. The minimum absolute atomic E-state index is 0.101. The van der Waals surface area contributed by atoms with Gasteiger partial charge in [-0.25, -0.2) is 0 Å². The number of rotatable bonds is 5. The molecule has 0 radical (unpaired) electrons. The Morgan fingerprint density at radius 1 is 1.00 bits per heavy atom. The summed E-state index contributed by atoms with van der Waals surface area (Å²) in [4.78, 5) is 12.0. The molecule has 3 aromatic carbocycles. The molecule has 0 atom stereocenters. The third-order valence-electron chi connectivity index (χ3n) is 4.24. The third-order valence-corrected chi connectivity index (χ3v) is 4.24. The van der Waals surface area contributed by atoms with Crippen LogP contribution in [-0.2, 0) is 11.2 Å². The molecule has 0 aliphatic carbocycles. The molecule has 3 nitrogen and oxygen atoms in total. The number of hydrogen-bond donors (Lipinski definition) is 1. The summed E-state index contributed by atoms with van der Waals surface area (Å²) < 4.78 is 5.22.